The summed E-state index contributed by atoms with van der Waals surface area (Å²) in [5.41, 5.74) is -0.503. The molecule has 0 aromatic carbocycles. The minimum atomic E-state index is -0.251. The summed E-state index contributed by atoms with van der Waals surface area (Å²) < 4.78 is 11.8. The molecule has 1 atom stereocenters. The monoisotopic (exact) mass is 264 g/mol. The molecule has 1 saturated heterocycles. The predicted octanol–water partition coefficient (Wildman–Crippen LogP) is 4.41. The van der Waals surface area contributed by atoms with E-state index in [-0.39, 0.29) is 18.3 Å². The van der Waals surface area contributed by atoms with Crippen LogP contribution in [0.3, 0.4) is 0 Å². The van der Waals surface area contributed by atoms with Crippen LogP contribution in [0.2, 0.25) is 0 Å². The molecule has 2 nitrogen and oxygen atoms in total. The van der Waals surface area contributed by atoms with Gasteiger partial charge in [0, 0.05) is 0 Å². The molecule has 0 amide bonds. The summed E-state index contributed by atoms with van der Waals surface area (Å²) in [7, 11) is -0.231. The quantitative estimate of drug-likeness (QED) is 0.540. The third-order valence-corrected chi connectivity index (χ3v) is 3.89. The van der Waals surface area contributed by atoms with Crippen molar-refractivity contribution < 1.29 is 9.31 Å². The van der Waals surface area contributed by atoms with Gasteiger partial charge in [-0.25, -0.2) is 0 Å². The Kier molecular flexibility index (Phi) is 5.46. The van der Waals surface area contributed by atoms with Gasteiger partial charge in [0.15, 0.2) is 0 Å². The number of allylic oxidation sites excluding steroid dienone is 3. The molecule has 0 unspecified atom stereocenters. The van der Waals surface area contributed by atoms with E-state index in [0.29, 0.717) is 5.92 Å². The fourth-order valence-electron chi connectivity index (χ4n) is 1.86. The predicted molar refractivity (Wildman–Crippen MR) is 83.0 cm³/mol. The zero-order valence-electron chi connectivity index (χ0n) is 13.6. The van der Waals surface area contributed by atoms with Crippen LogP contribution in [0.5, 0.6) is 0 Å². The SMILES string of the molecule is CC(C)C/C=C/[C@@H](C)/C=C/B1OC(C)(C)C(C)(C)O1. The molecule has 1 heterocycles. The lowest BCUT2D eigenvalue weighted by Crippen LogP contribution is -2.41. The Morgan fingerprint density at radius 3 is 1.95 bits per heavy atom. The highest BCUT2D eigenvalue weighted by molar-refractivity contribution is 6.51. The van der Waals surface area contributed by atoms with Crippen molar-refractivity contribution in [3.63, 3.8) is 0 Å². The van der Waals surface area contributed by atoms with Gasteiger partial charge in [0.25, 0.3) is 0 Å². The van der Waals surface area contributed by atoms with Crippen molar-refractivity contribution in [1.82, 2.24) is 0 Å². The fourth-order valence-corrected chi connectivity index (χ4v) is 1.86. The summed E-state index contributed by atoms with van der Waals surface area (Å²) in [5, 5.41) is 0. The second-order valence-electron chi connectivity index (χ2n) is 6.93. The first-order chi connectivity index (χ1) is 8.64. The van der Waals surface area contributed by atoms with E-state index < -0.39 is 0 Å². The van der Waals surface area contributed by atoms with Gasteiger partial charge in [-0.2, -0.15) is 0 Å². The van der Waals surface area contributed by atoms with Crippen molar-refractivity contribution in [3.05, 3.63) is 24.2 Å². The molecule has 0 aromatic rings. The topological polar surface area (TPSA) is 18.5 Å². The van der Waals surface area contributed by atoms with Crippen molar-refractivity contribution >= 4 is 7.12 Å². The lowest BCUT2D eigenvalue weighted by molar-refractivity contribution is 0.00578. The first-order valence-electron chi connectivity index (χ1n) is 7.34. The van der Waals surface area contributed by atoms with Crippen LogP contribution in [-0.2, 0) is 9.31 Å². The van der Waals surface area contributed by atoms with Gasteiger partial charge in [0.05, 0.1) is 11.2 Å². The largest absolute Gasteiger partial charge is 0.486 e. The second kappa shape index (κ2) is 6.28. The molecular formula is C16H29BO2. The Hall–Kier alpha value is -0.535. The Labute approximate surface area is 119 Å². The number of rotatable bonds is 5. The highest BCUT2D eigenvalue weighted by Gasteiger charge is 2.49. The van der Waals surface area contributed by atoms with E-state index in [1.165, 1.54) is 0 Å². The summed E-state index contributed by atoms with van der Waals surface area (Å²) in [4.78, 5) is 0. The summed E-state index contributed by atoms with van der Waals surface area (Å²) in [6.07, 6.45) is 7.78. The van der Waals surface area contributed by atoms with E-state index in [4.69, 9.17) is 9.31 Å². The maximum Gasteiger partial charge on any atom is 0.486 e. The maximum atomic E-state index is 5.92. The number of hydrogen-bond acceptors (Lipinski definition) is 2. The van der Waals surface area contributed by atoms with Crippen LogP contribution in [0.4, 0.5) is 0 Å². The van der Waals surface area contributed by atoms with Gasteiger partial charge in [-0.1, -0.05) is 45.0 Å². The Morgan fingerprint density at radius 1 is 0.947 bits per heavy atom. The molecule has 0 radical (unpaired) electrons. The van der Waals surface area contributed by atoms with Crippen molar-refractivity contribution in [2.75, 3.05) is 0 Å². The van der Waals surface area contributed by atoms with Crippen molar-refractivity contribution in [2.24, 2.45) is 11.8 Å². The van der Waals surface area contributed by atoms with E-state index in [1.807, 2.05) is 5.98 Å². The molecule has 0 N–H and O–H groups in total. The first kappa shape index (κ1) is 16.5. The maximum absolute atomic E-state index is 5.92. The molecule has 0 spiro atoms. The molecule has 108 valence electrons. The smallest absolute Gasteiger partial charge is 0.400 e. The van der Waals surface area contributed by atoms with Crippen molar-refractivity contribution in [2.45, 2.75) is 66.1 Å². The molecule has 0 saturated carbocycles. The Morgan fingerprint density at radius 2 is 1.47 bits per heavy atom. The third-order valence-electron chi connectivity index (χ3n) is 3.89. The van der Waals surface area contributed by atoms with Gasteiger partial charge in [0.1, 0.15) is 0 Å². The van der Waals surface area contributed by atoms with Crippen LogP contribution in [0, 0.1) is 11.8 Å². The van der Waals surface area contributed by atoms with Gasteiger partial charge in [-0.05, 0) is 46.0 Å². The first-order valence-corrected chi connectivity index (χ1v) is 7.34. The van der Waals surface area contributed by atoms with Crippen molar-refractivity contribution in [1.29, 1.82) is 0 Å². The van der Waals surface area contributed by atoms with Crippen LogP contribution < -0.4 is 0 Å². The summed E-state index contributed by atoms with van der Waals surface area (Å²) >= 11 is 0. The van der Waals surface area contributed by atoms with Gasteiger partial charge < -0.3 is 9.31 Å². The normalized spacial score (nSPS) is 23.9. The van der Waals surface area contributed by atoms with Crippen LogP contribution in [0.25, 0.3) is 0 Å². The van der Waals surface area contributed by atoms with Crippen LogP contribution in [0.15, 0.2) is 24.2 Å². The minimum absolute atomic E-state index is 0.231. The molecule has 1 aliphatic heterocycles. The summed E-state index contributed by atoms with van der Waals surface area (Å²) in [6, 6.07) is 0. The minimum Gasteiger partial charge on any atom is -0.400 e. The molecular weight excluding hydrogens is 235 g/mol. The van der Waals surface area contributed by atoms with E-state index in [2.05, 4.69) is 66.7 Å². The second-order valence-corrected chi connectivity index (χ2v) is 6.93. The van der Waals surface area contributed by atoms with E-state index >= 15 is 0 Å². The Bertz CT molecular complexity index is 327. The van der Waals surface area contributed by atoms with E-state index in [1.54, 1.807) is 0 Å². The highest BCUT2D eigenvalue weighted by Crippen LogP contribution is 2.36. The summed E-state index contributed by atoms with van der Waals surface area (Å²) in [5.74, 6) is 3.16. The zero-order valence-corrected chi connectivity index (χ0v) is 13.6. The van der Waals surface area contributed by atoms with Crippen LogP contribution in [0.1, 0.15) is 54.9 Å². The van der Waals surface area contributed by atoms with Gasteiger partial charge in [-0.15, -0.1) is 0 Å². The average molecular weight is 264 g/mol. The lowest BCUT2D eigenvalue weighted by atomic mass is 9.88. The van der Waals surface area contributed by atoms with Crippen LogP contribution >= 0.6 is 0 Å². The Balaban J connectivity index is 2.48. The summed E-state index contributed by atoms with van der Waals surface area (Å²) in [6.45, 7) is 14.9. The third kappa shape index (κ3) is 4.81. The standard InChI is InChI=1S/C16H29BO2/c1-13(2)9-8-10-14(3)11-12-17-18-15(4,5)16(6,7)19-17/h8,10-14H,9H2,1-7H3/b10-8+,12-11+/t14-/m1/s1. The zero-order chi connectivity index (χ0) is 14.7. The molecule has 0 bridgehead atoms. The van der Waals surface area contributed by atoms with Crippen LogP contribution in [-0.4, -0.2) is 18.3 Å². The van der Waals surface area contributed by atoms with Gasteiger partial charge in [0.2, 0.25) is 0 Å². The molecule has 0 aromatic heterocycles. The average Bonchev–Trinajstić information content (AvgIpc) is 2.44. The highest BCUT2D eigenvalue weighted by atomic mass is 16.7. The lowest BCUT2D eigenvalue weighted by Gasteiger charge is -2.32. The molecule has 1 rings (SSSR count). The number of hydrogen-bond donors (Lipinski definition) is 0. The molecule has 0 aliphatic carbocycles. The molecule has 3 heteroatoms. The molecule has 19 heavy (non-hydrogen) atoms. The van der Waals surface area contributed by atoms with E-state index in [0.717, 1.165) is 12.3 Å². The molecule has 1 fully saturated rings. The van der Waals surface area contributed by atoms with Gasteiger partial charge in [-0.3, -0.25) is 0 Å². The van der Waals surface area contributed by atoms with Gasteiger partial charge >= 0.3 is 7.12 Å². The molecule has 1 aliphatic rings. The van der Waals surface area contributed by atoms with Crippen molar-refractivity contribution in [3.8, 4) is 0 Å². The fraction of sp³-hybridized carbons (Fsp3) is 0.750. The van der Waals surface area contributed by atoms with E-state index in [9.17, 15) is 0 Å².